The fraction of sp³-hybridized carbons (Fsp3) is 0.333. The highest BCUT2D eigenvalue weighted by Crippen LogP contribution is 2.22. The summed E-state index contributed by atoms with van der Waals surface area (Å²) in [5, 5.41) is 0. The lowest BCUT2D eigenvalue weighted by Crippen LogP contribution is -1.94. The smallest absolute Gasteiger partial charge is 0.131 e. The molecule has 0 saturated carbocycles. The van der Waals surface area contributed by atoms with Gasteiger partial charge in [-0.05, 0) is 43.0 Å². The minimum absolute atomic E-state index is 0.149. The zero-order valence-corrected chi connectivity index (χ0v) is 8.45. The Balaban J connectivity index is 3.31. The summed E-state index contributed by atoms with van der Waals surface area (Å²) in [6.45, 7) is 9.54. The van der Waals surface area contributed by atoms with Crippen LogP contribution in [0.4, 0.5) is 4.39 Å². The van der Waals surface area contributed by atoms with E-state index in [9.17, 15) is 4.39 Å². The van der Waals surface area contributed by atoms with Gasteiger partial charge in [0.25, 0.3) is 0 Å². The van der Waals surface area contributed by atoms with Gasteiger partial charge < -0.3 is 0 Å². The Morgan fingerprint density at radius 2 is 2.08 bits per heavy atom. The number of aryl methyl sites for hydroxylation is 2. The van der Waals surface area contributed by atoms with Gasteiger partial charge in [-0.25, -0.2) is 4.39 Å². The summed E-state index contributed by atoms with van der Waals surface area (Å²) in [5.41, 5.74) is 3.47. The maximum absolute atomic E-state index is 13.5. The lowest BCUT2D eigenvalue weighted by atomic mass is 9.99. The van der Waals surface area contributed by atoms with Crippen LogP contribution in [0.15, 0.2) is 18.7 Å². The van der Waals surface area contributed by atoms with Crippen LogP contribution in [-0.2, 0) is 6.42 Å². The molecule has 0 spiro atoms. The molecule has 0 aliphatic rings. The fourth-order valence-electron chi connectivity index (χ4n) is 1.56. The van der Waals surface area contributed by atoms with Gasteiger partial charge in [0.1, 0.15) is 5.82 Å². The molecular weight excluding hydrogens is 163 g/mol. The molecule has 70 valence electrons. The van der Waals surface area contributed by atoms with Crippen LogP contribution >= 0.6 is 0 Å². The number of rotatable bonds is 2. The van der Waals surface area contributed by atoms with Crippen molar-refractivity contribution in [2.24, 2.45) is 0 Å². The maximum Gasteiger partial charge on any atom is 0.131 e. The molecule has 1 aromatic carbocycles. The summed E-state index contributed by atoms with van der Waals surface area (Å²) < 4.78 is 13.5. The highest BCUT2D eigenvalue weighted by atomic mass is 19.1. The average molecular weight is 178 g/mol. The molecule has 0 saturated heterocycles. The van der Waals surface area contributed by atoms with Gasteiger partial charge in [-0.1, -0.05) is 19.6 Å². The molecule has 13 heavy (non-hydrogen) atoms. The molecule has 1 aromatic rings. The van der Waals surface area contributed by atoms with Crippen LogP contribution in [0.3, 0.4) is 0 Å². The Morgan fingerprint density at radius 1 is 1.46 bits per heavy atom. The van der Waals surface area contributed by atoms with Crippen molar-refractivity contribution in [2.75, 3.05) is 0 Å². The van der Waals surface area contributed by atoms with E-state index in [2.05, 4.69) is 6.58 Å². The lowest BCUT2D eigenvalue weighted by Gasteiger charge is -2.08. The monoisotopic (exact) mass is 178 g/mol. The van der Waals surface area contributed by atoms with E-state index in [0.717, 1.165) is 23.1 Å². The predicted octanol–water partition coefficient (Wildman–Crippen LogP) is 3.73. The molecule has 0 amide bonds. The average Bonchev–Trinajstić information content (AvgIpc) is 2.02. The summed E-state index contributed by atoms with van der Waals surface area (Å²) in [6, 6.07) is 3.62. The molecule has 0 N–H and O–H groups in total. The molecule has 0 aromatic heterocycles. The molecule has 0 radical (unpaired) electrons. The zero-order valence-electron chi connectivity index (χ0n) is 8.45. The number of benzene rings is 1. The fourth-order valence-corrected chi connectivity index (χ4v) is 1.56. The molecule has 1 heteroatoms. The van der Waals surface area contributed by atoms with Crippen molar-refractivity contribution in [1.82, 2.24) is 0 Å². The minimum Gasteiger partial charge on any atom is -0.206 e. The third-order valence-corrected chi connectivity index (χ3v) is 2.18. The van der Waals surface area contributed by atoms with Gasteiger partial charge in [0, 0.05) is 5.56 Å². The van der Waals surface area contributed by atoms with Gasteiger partial charge in [-0.3, -0.25) is 0 Å². The maximum atomic E-state index is 13.5. The second-order valence-corrected chi connectivity index (χ2v) is 3.40. The second kappa shape index (κ2) is 3.73. The van der Waals surface area contributed by atoms with E-state index < -0.39 is 0 Å². The minimum atomic E-state index is -0.149. The largest absolute Gasteiger partial charge is 0.206 e. The van der Waals surface area contributed by atoms with Gasteiger partial charge in [0.05, 0.1) is 0 Å². The van der Waals surface area contributed by atoms with Gasteiger partial charge in [-0.2, -0.15) is 0 Å². The third-order valence-electron chi connectivity index (χ3n) is 2.18. The molecular formula is C12H15F. The Bertz CT molecular complexity index is 314. The molecule has 0 aliphatic heterocycles. The molecule has 0 nitrogen and oxygen atoms in total. The highest BCUT2D eigenvalue weighted by Gasteiger charge is 2.07. The molecule has 0 fully saturated rings. The summed E-state index contributed by atoms with van der Waals surface area (Å²) in [5.74, 6) is -0.149. The summed E-state index contributed by atoms with van der Waals surface area (Å²) in [4.78, 5) is 0. The summed E-state index contributed by atoms with van der Waals surface area (Å²) in [6.07, 6.45) is 0.869. The normalized spacial score (nSPS) is 10.2. The van der Waals surface area contributed by atoms with E-state index in [1.165, 1.54) is 0 Å². The number of hydrogen-bond donors (Lipinski definition) is 0. The quantitative estimate of drug-likeness (QED) is 0.647. The molecule has 1 rings (SSSR count). The number of allylic oxidation sites excluding steroid dienone is 1. The van der Waals surface area contributed by atoms with Crippen LogP contribution in [0, 0.1) is 12.7 Å². The second-order valence-electron chi connectivity index (χ2n) is 3.40. The van der Waals surface area contributed by atoms with Crippen LogP contribution in [0.25, 0.3) is 5.57 Å². The van der Waals surface area contributed by atoms with Crippen LogP contribution in [0.2, 0.25) is 0 Å². The molecule has 0 heterocycles. The van der Waals surface area contributed by atoms with Crippen molar-refractivity contribution in [3.8, 4) is 0 Å². The van der Waals surface area contributed by atoms with Gasteiger partial charge in [0.15, 0.2) is 0 Å². The predicted molar refractivity (Wildman–Crippen MR) is 55.2 cm³/mol. The standard InChI is InChI=1S/C12H15F/c1-5-10-6-9(4)12(8(2)3)11(13)7-10/h6-7H,2,5H2,1,3-4H3. The highest BCUT2D eigenvalue weighted by molar-refractivity contribution is 5.65. The van der Waals surface area contributed by atoms with Crippen molar-refractivity contribution in [3.05, 3.63) is 41.2 Å². The number of hydrogen-bond acceptors (Lipinski definition) is 0. The lowest BCUT2D eigenvalue weighted by molar-refractivity contribution is 0.620. The van der Waals surface area contributed by atoms with Crippen molar-refractivity contribution < 1.29 is 4.39 Å². The van der Waals surface area contributed by atoms with Crippen LogP contribution < -0.4 is 0 Å². The Morgan fingerprint density at radius 3 is 2.46 bits per heavy atom. The summed E-state index contributed by atoms with van der Waals surface area (Å²) >= 11 is 0. The Hall–Kier alpha value is -1.11. The molecule has 0 atom stereocenters. The first-order valence-corrected chi connectivity index (χ1v) is 4.51. The van der Waals surface area contributed by atoms with Crippen LogP contribution in [0.1, 0.15) is 30.5 Å². The van der Waals surface area contributed by atoms with Gasteiger partial charge in [-0.15, -0.1) is 0 Å². The topological polar surface area (TPSA) is 0 Å². The van der Waals surface area contributed by atoms with Crippen LogP contribution in [0.5, 0.6) is 0 Å². The van der Waals surface area contributed by atoms with E-state index >= 15 is 0 Å². The van der Waals surface area contributed by atoms with E-state index in [0.29, 0.717) is 5.56 Å². The van der Waals surface area contributed by atoms with Crippen molar-refractivity contribution in [2.45, 2.75) is 27.2 Å². The Labute approximate surface area is 79.1 Å². The van der Waals surface area contributed by atoms with Gasteiger partial charge >= 0.3 is 0 Å². The first kappa shape index (κ1) is 9.97. The van der Waals surface area contributed by atoms with Crippen LogP contribution in [-0.4, -0.2) is 0 Å². The first-order valence-electron chi connectivity index (χ1n) is 4.51. The molecule has 0 aliphatic carbocycles. The third kappa shape index (κ3) is 1.97. The number of halogens is 1. The Kier molecular flexibility index (Phi) is 2.86. The first-order chi connectivity index (χ1) is 6.06. The molecule has 0 unspecified atom stereocenters. The zero-order chi connectivity index (χ0) is 10.0. The van der Waals surface area contributed by atoms with E-state index in [-0.39, 0.29) is 5.82 Å². The van der Waals surface area contributed by atoms with Crippen molar-refractivity contribution in [3.63, 3.8) is 0 Å². The molecule has 0 bridgehead atoms. The van der Waals surface area contributed by atoms with E-state index in [1.54, 1.807) is 6.07 Å². The van der Waals surface area contributed by atoms with Crippen molar-refractivity contribution in [1.29, 1.82) is 0 Å². The summed E-state index contributed by atoms with van der Waals surface area (Å²) in [7, 11) is 0. The van der Waals surface area contributed by atoms with E-state index in [4.69, 9.17) is 0 Å². The van der Waals surface area contributed by atoms with Gasteiger partial charge in [0.2, 0.25) is 0 Å². The van der Waals surface area contributed by atoms with E-state index in [1.807, 2.05) is 26.8 Å². The SMILES string of the molecule is C=C(C)c1c(C)cc(CC)cc1F. The van der Waals surface area contributed by atoms with Crippen molar-refractivity contribution >= 4 is 5.57 Å².